The third kappa shape index (κ3) is 15.2. The van der Waals surface area contributed by atoms with Gasteiger partial charge in [0.15, 0.2) is 0 Å². The number of hydrogen-bond donors (Lipinski definition) is 3. The van der Waals surface area contributed by atoms with Crippen LogP contribution in [0.15, 0.2) is 48.5 Å². The number of nitrogen functional groups attached to an aromatic ring is 1. The number of ether oxygens (including phenoxy) is 2. The molecule has 4 amide bonds. The molecule has 0 fully saturated rings. The maximum atomic E-state index is 12.3. The number of alkyl carbamates (subject to hydrolysis) is 2. The van der Waals surface area contributed by atoms with Crippen molar-refractivity contribution in [1.29, 1.82) is 0 Å². The van der Waals surface area contributed by atoms with Crippen LogP contribution < -0.4 is 16.4 Å². The highest BCUT2D eigenvalue weighted by atomic mass is 16.6. The number of nitro groups is 1. The van der Waals surface area contributed by atoms with Crippen molar-refractivity contribution in [1.82, 2.24) is 20.4 Å². The quantitative estimate of drug-likeness (QED) is 0.204. The molecule has 0 aromatic heterocycles. The molecule has 0 aliphatic carbocycles. The molecule has 0 spiro atoms. The predicted octanol–water partition coefficient (Wildman–Crippen LogP) is 4.16. The van der Waals surface area contributed by atoms with E-state index >= 15 is 0 Å². The van der Waals surface area contributed by atoms with Crippen molar-refractivity contribution in [2.24, 2.45) is 0 Å². The standard InChI is InChI=1S/C16H23N3O5.C16H25N3O3.H2/c1-16(2,3)24-15(21)17-13(14(20)18(4)5)10-11-7-6-8-12(9-11)19(22)23;1-16(2,3)22-15(21)18-13(14(20)19(4)5)10-11-7-6-8-12(17)9-11;/h6-9,13H,10H2,1-5H3,(H,17,21);6-9,13H,10,17H2,1-5H3,(H,18,21);1H/t2*13-;/m00./s1. The van der Waals surface area contributed by atoms with Crippen LogP contribution in [0.4, 0.5) is 21.0 Å². The summed E-state index contributed by atoms with van der Waals surface area (Å²) in [6.45, 7) is 10.5. The van der Waals surface area contributed by atoms with E-state index in [2.05, 4.69) is 10.6 Å². The fourth-order valence-corrected chi connectivity index (χ4v) is 3.91. The van der Waals surface area contributed by atoms with E-state index in [1.54, 1.807) is 87.9 Å². The van der Waals surface area contributed by atoms with Gasteiger partial charge in [0, 0.05) is 60.3 Å². The summed E-state index contributed by atoms with van der Waals surface area (Å²) in [5, 5.41) is 16.0. The Morgan fingerprint density at radius 3 is 1.52 bits per heavy atom. The molecule has 0 radical (unpaired) electrons. The van der Waals surface area contributed by atoms with Crippen LogP contribution >= 0.6 is 0 Å². The smallest absolute Gasteiger partial charge is 0.408 e. The van der Waals surface area contributed by atoms with Gasteiger partial charge in [-0.1, -0.05) is 24.3 Å². The van der Waals surface area contributed by atoms with Crippen LogP contribution in [0.5, 0.6) is 0 Å². The number of amides is 4. The summed E-state index contributed by atoms with van der Waals surface area (Å²) in [7, 11) is 6.43. The number of nitro benzene ring substituents is 1. The molecule has 0 aliphatic heterocycles. The lowest BCUT2D eigenvalue weighted by molar-refractivity contribution is -0.384. The molecule has 0 bridgehead atoms. The van der Waals surface area contributed by atoms with Gasteiger partial charge in [-0.25, -0.2) is 9.59 Å². The lowest BCUT2D eigenvalue weighted by Crippen LogP contribution is -2.48. The van der Waals surface area contributed by atoms with E-state index in [0.29, 0.717) is 17.7 Å². The topological polar surface area (TPSA) is 186 Å². The fourth-order valence-electron chi connectivity index (χ4n) is 3.91. The first-order chi connectivity index (χ1) is 21.1. The predicted molar refractivity (Wildman–Crippen MR) is 177 cm³/mol. The van der Waals surface area contributed by atoms with E-state index in [0.717, 1.165) is 5.56 Å². The molecule has 2 rings (SSSR count). The van der Waals surface area contributed by atoms with Gasteiger partial charge in [0.1, 0.15) is 23.3 Å². The van der Waals surface area contributed by atoms with Crippen molar-refractivity contribution in [2.45, 2.75) is 77.7 Å². The molecule has 2 aromatic carbocycles. The Balaban J connectivity index is 0.000000885. The molecule has 0 unspecified atom stereocenters. The molecule has 0 saturated heterocycles. The minimum atomic E-state index is -0.878. The van der Waals surface area contributed by atoms with E-state index in [4.69, 9.17) is 15.2 Å². The Hall–Kier alpha value is -4.88. The first kappa shape index (κ1) is 39.1. The van der Waals surface area contributed by atoms with Gasteiger partial charge in [0.05, 0.1) is 4.92 Å². The molecular weight excluding hydrogens is 596 g/mol. The van der Waals surface area contributed by atoms with Crippen molar-refractivity contribution >= 4 is 35.4 Å². The summed E-state index contributed by atoms with van der Waals surface area (Å²) >= 11 is 0. The van der Waals surface area contributed by atoms with E-state index in [9.17, 15) is 29.3 Å². The number of nitrogens with one attached hydrogen (secondary N) is 2. The van der Waals surface area contributed by atoms with E-state index in [1.165, 1.54) is 28.0 Å². The monoisotopic (exact) mass is 646 g/mol. The van der Waals surface area contributed by atoms with Gasteiger partial charge in [0.25, 0.3) is 5.69 Å². The molecule has 4 N–H and O–H groups in total. The fraction of sp³-hybridized carbons (Fsp3) is 0.500. The summed E-state index contributed by atoms with van der Waals surface area (Å²) < 4.78 is 10.4. The zero-order chi connectivity index (χ0) is 35.4. The number of anilines is 1. The number of benzene rings is 2. The van der Waals surface area contributed by atoms with Crippen LogP contribution in [-0.4, -0.2) is 90.2 Å². The molecular formula is C32H50N6O8. The second-order valence-corrected chi connectivity index (χ2v) is 12.9. The summed E-state index contributed by atoms with van der Waals surface area (Å²) in [5.74, 6) is -0.527. The second-order valence-electron chi connectivity index (χ2n) is 12.9. The van der Waals surface area contributed by atoms with Crippen LogP contribution in [0.25, 0.3) is 0 Å². The number of carbonyl (C=O) groups excluding carboxylic acids is 4. The van der Waals surface area contributed by atoms with Crippen LogP contribution in [0.3, 0.4) is 0 Å². The van der Waals surface area contributed by atoms with Crippen molar-refractivity contribution in [3.05, 3.63) is 69.8 Å². The lowest BCUT2D eigenvalue weighted by atomic mass is 10.0. The number of nitrogens with zero attached hydrogens (tertiary/aromatic N) is 3. The number of carbonyl (C=O) groups is 4. The maximum Gasteiger partial charge on any atom is 0.408 e. The van der Waals surface area contributed by atoms with Crippen LogP contribution in [0.1, 0.15) is 54.1 Å². The summed E-state index contributed by atoms with van der Waals surface area (Å²) in [4.78, 5) is 61.6. The molecule has 46 heavy (non-hydrogen) atoms. The molecule has 0 saturated carbocycles. The second kappa shape index (κ2) is 17.0. The number of non-ortho nitro benzene ring substituents is 1. The van der Waals surface area contributed by atoms with E-state index in [1.807, 2.05) is 12.1 Å². The van der Waals surface area contributed by atoms with Gasteiger partial charge in [-0.15, -0.1) is 0 Å². The van der Waals surface area contributed by atoms with E-state index < -0.39 is 40.4 Å². The Kier molecular flexibility index (Phi) is 14.5. The largest absolute Gasteiger partial charge is 0.444 e. The summed E-state index contributed by atoms with van der Waals surface area (Å²) in [5.41, 5.74) is 6.43. The number of rotatable bonds is 9. The van der Waals surface area contributed by atoms with Gasteiger partial charge in [-0.2, -0.15) is 0 Å². The first-order valence-electron chi connectivity index (χ1n) is 14.6. The third-order valence-electron chi connectivity index (χ3n) is 5.81. The molecule has 0 heterocycles. The highest BCUT2D eigenvalue weighted by molar-refractivity contribution is 5.86. The number of nitrogens with two attached hydrogens (primary N) is 1. The normalized spacial score (nSPS) is 12.3. The Morgan fingerprint density at radius 2 is 1.17 bits per heavy atom. The van der Waals surface area contributed by atoms with Gasteiger partial charge < -0.3 is 35.6 Å². The maximum absolute atomic E-state index is 12.3. The van der Waals surface area contributed by atoms with Crippen molar-refractivity contribution < 1.29 is 35.0 Å². The molecule has 0 aliphatic rings. The molecule has 14 nitrogen and oxygen atoms in total. The zero-order valence-corrected chi connectivity index (χ0v) is 28.4. The average Bonchev–Trinajstić information content (AvgIpc) is 2.89. The molecule has 2 atom stereocenters. The minimum absolute atomic E-state index is 0. The average molecular weight is 647 g/mol. The van der Waals surface area contributed by atoms with Crippen LogP contribution in [0.2, 0.25) is 0 Å². The number of hydrogen-bond acceptors (Lipinski definition) is 9. The molecule has 2 aromatic rings. The lowest BCUT2D eigenvalue weighted by Gasteiger charge is -2.25. The van der Waals surface area contributed by atoms with Gasteiger partial charge in [-0.05, 0) is 64.8 Å². The Bertz CT molecular complexity index is 1370. The van der Waals surface area contributed by atoms with Gasteiger partial charge in [-0.3, -0.25) is 19.7 Å². The van der Waals surface area contributed by atoms with Gasteiger partial charge >= 0.3 is 12.2 Å². The van der Waals surface area contributed by atoms with Crippen molar-refractivity contribution in [3.8, 4) is 0 Å². The highest BCUT2D eigenvalue weighted by Crippen LogP contribution is 2.16. The Morgan fingerprint density at radius 1 is 0.783 bits per heavy atom. The highest BCUT2D eigenvalue weighted by Gasteiger charge is 2.27. The van der Waals surface area contributed by atoms with Crippen LogP contribution in [-0.2, 0) is 31.9 Å². The molecule has 256 valence electrons. The minimum Gasteiger partial charge on any atom is -0.444 e. The van der Waals surface area contributed by atoms with Gasteiger partial charge in [0.2, 0.25) is 11.8 Å². The van der Waals surface area contributed by atoms with Crippen molar-refractivity contribution in [2.75, 3.05) is 33.9 Å². The SMILES string of the molecule is CN(C)C(=O)[C@H](Cc1cccc(N)c1)NC(=O)OC(C)(C)C.CN(C)C(=O)[C@H](Cc1cccc([N+](=O)[O-])c1)NC(=O)OC(C)(C)C.[HH]. The van der Waals surface area contributed by atoms with Crippen molar-refractivity contribution in [3.63, 3.8) is 0 Å². The van der Waals surface area contributed by atoms with E-state index in [-0.39, 0.29) is 25.3 Å². The first-order valence-corrected chi connectivity index (χ1v) is 14.6. The summed E-state index contributed by atoms with van der Waals surface area (Å²) in [6, 6.07) is 11.6. The summed E-state index contributed by atoms with van der Waals surface area (Å²) in [6.07, 6.45) is -0.857. The zero-order valence-electron chi connectivity index (χ0n) is 28.4. The third-order valence-corrected chi connectivity index (χ3v) is 5.81. The van der Waals surface area contributed by atoms with Crippen LogP contribution in [0, 0.1) is 10.1 Å². The molecule has 14 heteroatoms. The number of likely N-dealkylation sites (N-methyl/N-ethyl adjacent to an activating group) is 2. The Labute approximate surface area is 272 Å².